The number of pyridine rings is 1. The van der Waals surface area contributed by atoms with Crippen LogP contribution in [0.4, 0.5) is 0 Å². The van der Waals surface area contributed by atoms with Crippen LogP contribution >= 0.6 is 0 Å². The Kier molecular flexibility index (Phi) is 4.55. The van der Waals surface area contributed by atoms with E-state index in [1.54, 1.807) is 36.8 Å². The highest BCUT2D eigenvalue weighted by atomic mass is 32.2. The molecule has 0 amide bonds. The van der Waals surface area contributed by atoms with Crippen molar-refractivity contribution in [2.45, 2.75) is 16.3 Å². The van der Waals surface area contributed by atoms with E-state index in [4.69, 9.17) is 4.74 Å². The minimum absolute atomic E-state index is 0.207. The lowest BCUT2D eigenvalue weighted by molar-refractivity contribution is 0.413. The number of ether oxygens (including phenoxy) is 1. The van der Waals surface area contributed by atoms with Crippen molar-refractivity contribution in [3.8, 4) is 5.75 Å². The third-order valence-corrected chi connectivity index (χ3v) is 5.67. The number of fused-ring (bicyclic) bond motifs is 1. The number of nitrogens with one attached hydrogen (secondary N) is 1. The fourth-order valence-electron chi connectivity index (χ4n) is 2.63. The van der Waals surface area contributed by atoms with Gasteiger partial charge in [0.05, 0.1) is 22.4 Å². The number of sulfone groups is 1. The molecule has 3 rings (SSSR count). The van der Waals surface area contributed by atoms with Gasteiger partial charge in [-0.05, 0) is 31.3 Å². The predicted octanol–water partition coefficient (Wildman–Crippen LogP) is 2.10. The topological polar surface area (TPSA) is 73.2 Å². The van der Waals surface area contributed by atoms with E-state index >= 15 is 0 Å². The molecule has 3 aromatic rings. The number of hydrogen-bond acceptors (Lipinski definition) is 5. The first-order valence-electron chi connectivity index (χ1n) is 7.54. The molecule has 0 aliphatic carbocycles. The molecule has 126 valence electrons. The van der Waals surface area contributed by atoms with Crippen molar-refractivity contribution in [3.63, 3.8) is 0 Å². The molecule has 0 aliphatic rings. The largest absolute Gasteiger partial charge is 0.497 e. The lowest BCUT2D eigenvalue weighted by Gasteiger charge is -2.05. The molecular weight excluding hydrogens is 326 g/mol. The molecule has 0 aliphatic heterocycles. The SMILES string of the molecule is CNCCn1cc(S(=O)(=O)c2cccc(OC)c2)c2cnccc21. The Labute approximate surface area is 141 Å². The normalized spacial score (nSPS) is 11.8. The van der Waals surface area contributed by atoms with Gasteiger partial charge in [0.1, 0.15) is 5.75 Å². The number of hydrogen-bond donors (Lipinski definition) is 1. The molecular formula is C17H19N3O3S. The fraction of sp³-hybridized carbons (Fsp3) is 0.235. The van der Waals surface area contributed by atoms with E-state index in [0.717, 1.165) is 12.1 Å². The Morgan fingerprint density at radius 2 is 2.12 bits per heavy atom. The molecule has 6 nitrogen and oxygen atoms in total. The van der Waals surface area contributed by atoms with Gasteiger partial charge in [-0.3, -0.25) is 4.98 Å². The van der Waals surface area contributed by atoms with Gasteiger partial charge in [-0.1, -0.05) is 6.07 Å². The predicted molar refractivity (Wildman–Crippen MR) is 92.1 cm³/mol. The van der Waals surface area contributed by atoms with E-state index in [0.29, 0.717) is 17.7 Å². The lowest BCUT2D eigenvalue weighted by atomic mass is 10.3. The minimum Gasteiger partial charge on any atom is -0.497 e. The zero-order valence-electron chi connectivity index (χ0n) is 13.6. The second-order valence-electron chi connectivity index (χ2n) is 5.37. The summed E-state index contributed by atoms with van der Waals surface area (Å²) in [5, 5.41) is 3.69. The molecule has 2 heterocycles. The van der Waals surface area contributed by atoms with Crippen molar-refractivity contribution >= 4 is 20.7 Å². The number of methoxy groups -OCH3 is 1. The van der Waals surface area contributed by atoms with Crippen LogP contribution in [0.5, 0.6) is 5.75 Å². The summed E-state index contributed by atoms with van der Waals surface area (Å²) in [7, 11) is -0.288. The molecule has 7 heteroatoms. The van der Waals surface area contributed by atoms with Crippen molar-refractivity contribution in [1.82, 2.24) is 14.9 Å². The van der Waals surface area contributed by atoms with Crippen LogP contribution in [0.3, 0.4) is 0 Å². The van der Waals surface area contributed by atoms with Crippen molar-refractivity contribution in [2.75, 3.05) is 20.7 Å². The molecule has 2 aromatic heterocycles. The molecule has 0 saturated heterocycles. The van der Waals surface area contributed by atoms with Crippen LogP contribution in [-0.4, -0.2) is 38.7 Å². The summed E-state index contributed by atoms with van der Waals surface area (Å²) >= 11 is 0. The van der Waals surface area contributed by atoms with Crippen molar-refractivity contribution in [1.29, 1.82) is 0 Å². The van der Waals surface area contributed by atoms with Gasteiger partial charge >= 0.3 is 0 Å². The number of rotatable bonds is 6. The number of nitrogens with zero attached hydrogens (tertiary/aromatic N) is 2. The average molecular weight is 345 g/mol. The summed E-state index contributed by atoms with van der Waals surface area (Å²) in [6.45, 7) is 1.41. The average Bonchev–Trinajstić information content (AvgIpc) is 2.99. The van der Waals surface area contributed by atoms with Crippen molar-refractivity contribution in [3.05, 3.63) is 48.9 Å². The first-order chi connectivity index (χ1) is 11.6. The van der Waals surface area contributed by atoms with Gasteiger partial charge in [0.2, 0.25) is 9.84 Å². The summed E-state index contributed by atoms with van der Waals surface area (Å²) in [5.41, 5.74) is 0.849. The van der Waals surface area contributed by atoms with Gasteiger partial charge in [0, 0.05) is 37.1 Å². The van der Waals surface area contributed by atoms with Gasteiger partial charge in [-0.2, -0.15) is 0 Å². The van der Waals surface area contributed by atoms with Crippen LogP contribution in [0.15, 0.2) is 58.7 Å². The van der Waals surface area contributed by atoms with E-state index in [9.17, 15) is 8.42 Å². The Bertz CT molecular complexity index is 964. The van der Waals surface area contributed by atoms with Crippen molar-refractivity contribution in [2.24, 2.45) is 0 Å². The van der Waals surface area contributed by atoms with Gasteiger partial charge in [0.15, 0.2) is 0 Å². The third kappa shape index (κ3) is 2.88. The minimum atomic E-state index is -3.66. The van der Waals surface area contributed by atoms with Gasteiger partial charge in [-0.15, -0.1) is 0 Å². The van der Waals surface area contributed by atoms with Gasteiger partial charge in [0.25, 0.3) is 0 Å². The van der Waals surface area contributed by atoms with Gasteiger partial charge in [-0.25, -0.2) is 8.42 Å². The van der Waals surface area contributed by atoms with Gasteiger partial charge < -0.3 is 14.6 Å². The second kappa shape index (κ2) is 6.62. The first-order valence-corrected chi connectivity index (χ1v) is 9.03. The van der Waals surface area contributed by atoms with Crippen LogP contribution in [0.2, 0.25) is 0 Å². The monoisotopic (exact) mass is 345 g/mol. The zero-order valence-corrected chi connectivity index (χ0v) is 14.4. The van der Waals surface area contributed by atoms with Crippen LogP contribution in [0.1, 0.15) is 0 Å². The van der Waals surface area contributed by atoms with Crippen LogP contribution < -0.4 is 10.1 Å². The molecule has 0 radical (unpaired) electrons. The fourth-order valence-corrected chi connectivity index (χ4v) is 4.13. The van der Waals surface area contributed by atoms with Crippen LogP contribution in [-0.2, 0) is 16.4 Å². The third-order valence-electron chi connectivity index (χ3n) is 3.89. The molecule has 0 saturated carbocycles. The highest BCUT2D eigenvalue weighted by molar-refractivity contribution is 7.91. The smallest absolute Gasteiger partial charge is 0.208 e. The Morgan fingerprint density at radius 1 is 1.29 bits per heavy atom. The van der Waals surface area contributed by atoms with E-state index in [1.807, 2.05) is 17.7 Å². The van der Waals surface area contributed by atoms with Crippen molar-refractivity contribution < 1.29 is 13.2 Å². The maximum atomic E-state index is 13.1. The lowest BCUT2D eigenvalue weighted by Crippen LogP contribution is -2.14. The maximum Gasteiger partial charge on any atom is 0.208 e. The van der Waals surface area contributed by atoms with E-state index < -0.39 is 9.84 Å². The molecule has 0 spiro atoms. The highest BCUT2D eigenvalue weighted by Crippen LogP contribution is 2.30. The Morgan fingerprint density at radius 3 is 2.88 bits per heavy atom. The quantitative estimate of drug-likeness (QED) is 0.741. The summed E-state index contributed by atoms with van der Waals surface area (Å²) in [4.78, 5) is 4.56. The van der Waals surface area contributed by atoms with Crippen LogP contribution in [0, 0.1) is 0 Å². The standard InChI is InChI=1S/C17H19N3O3S/c1-18-8-9-20-12-17(15-11-19-7-6-16(15)20)24(21,22)14-5-3-4-13(10-14)23-2/h3-7,10-12,18H,8-9H2,1-2H3. The summed E-state index contributed by atoms with van der Waals surface area (Å²) in [5.74, 6) is 0.508. The van der Waals surface area contributed by atoms with E-state index in [1.165, 1.54) is 13.2 Å². The molecule has 0 atom stereocenters. The highest BCUT2D eigenvalue weighted by Gasteiger charge is 2.24. The second-order valence-corrected chi connectivity index (χ2v) is 7.28. The van der Waals surface area contributed by atoms with E-state index in [2.05, 4.69) is 10.3 Å². The summed E-state index contributed by atoms with van der Waals surface area (Å²) in [6.07, 6.45) is 4.94. The Balaban J connectivity index is 2.17. The summed E-state index contributed by atoms with van der Waals surface area (Å²) < 4.78 is 33.3. The van der Waals surface area contributed by atoms with E-state index in [-0.39, 0.29) is 9.79 Å². The number of benzene rings is 1. The molecule has 24 heavy (non-hydrogen) atoms. The Hall–Kier alpha value is -2.38. The molecule has 1 aromatic carbocycles. The first kappa shape index (κ1) is 16.5. The molecule has 0 unspecified atom stereocenters. The molecule has 0 fully saturated rings. The van der Waals surface area contributed by atoms with Crippen LogP contribution in [0.25, 0.3) is 10.9 Å². The zero-order chi connectivity index (χ0) is 17.2. The molecule has 0 bridgehead atoms. The number of aromatic nitrogens is 2. The summed E-state index contributed by atoms with van der Waals surface area (Å²) in [6, 6.07) is 8.32. The maximum absolute atomic E-state index is 13.1. The number of likely N-dealkylation sites (N-methyl/N-ethyl adjacent to an activating group) is 1. The molecule has 1 N–H and O–H groups in total.